The lowest BCUT2D eigenvalue weighted by molar-refractivity contribution is -0.140. The summed E-state index contributed by atoms with van der Waals surface area (Å²) in [6.07, 6.45) is 0.174. The van der Waals surface area contributed by atoms with Gasteiger partial charge in [-0.2, -0.15) is 0 Å². The van der Waals surface area contributed by atoms with Crippen LogP contribution < -0.4 is 5.32 Å². The second kappa shape index (κ2) is 11.7. The lowest BCUT2D eigenvalue weighted by atomic mass is 9.81. The highest BCUT2D eigenvalue weighted by Gasteiger charge is 2.37. The van der Waals surface area contributed by atoms with Gasteiger partial charge < -0.3 is 15.0 Å². The van der Waals surface area contributed by atoms with Crippen LogP contribution in [0.3, 0.4) is 0 Å². The molecule has 0 saturated heterocycles. The molecule has 0 spiro atoms. The number of carbonyl (C=O) groups is 3. The van der Waals surface area contributed by atoms with Crippen molar-refractivity contribution in [2.45, 2.75) is 46.2 Å². The average Bonchev–Trinajstić information content (AvgIpc) is 2.90. The molecule has 1 heterocycles. The van der Waals surface area contributed by atoms with Crippen molar-refractivity contribution in [1.82, 2.24) is 10.2 Å². The van der Waals surface area contributed by atoms with Crippen molar-refractivity contribution in [2.75, 3.05) is 6.61 Å². The van der Waals surface area contributed by atoms with Gasteiger partial charge in [0.2, 0.25) is 5.91 Å². The zero-order chi connectivity index (χ0) is 26.4. The predicted octanol–water partition coefficient (Wildman–Crippen LogP) is 5.28. The Morgan fingerprint density at radius 3 is 2.38 bits per heavy atom. The topological polar surface area (TPSA) is 75.7 Å². The fraction of sp³-hybridized carbons (Fsp3) is 0.258. The molecule has 4 rings (SSSR count). The molecule has 6 nitrogen and oxygen atoms in total. The van der Waals surface area contributed by atoms with Gasteiger partial charge in [-0.1, -0.05) is 66.7 Å². The van der Waals surface area contributed by atoms with Gasteiger partial charge in [-0.15, -0.1) is 0 Å². The van der Waals surface area contributed by atoms with Gasteiger partial charge in [-0.05, 0) is 55.2 Å². The molecule has 6 heteroatoms. The molecule has 3 aromatic carbocycles. The summed E-state index contributed by atoms with van der Waals surface area (Å²) in [7, 11) is 0. The Morgan fingerprint density at radius 1 is 0.946 bits per heavy atom. The van der Waals surface area contributed by atoms with Crippen LogP contribution >= 0.6 is 0 Å². The van der Waals surface area contributed by atoms with Crippen LogP contribution in [0.2, 0.25) is 0 Å². The van der Waals surface area contributed by atoms with Crippen molar-refractivity contribution in [2.24, 2.45) is 0 Å². The largest absolute Gasteiger partial charge is 0.463 e. The summed E-state index contributed by atoms with van der Waals surface area (Å²) in [5, 5.41) is 2.94. The van der Waals surface area contributed by atoms with Gasteiger partial charge in [0, 0.05) is 30.1 Å². The molecular formula is C31H32N2O4. The van der Waals surface area contributed by atoms with E-state index in [0.717, 1.165) is 22.3 Å². The minimum atomic E-state index is -0.403. The Labute approximate surface area is 218 Å². The summed E-state index contributed by atoms with van der Waals surface area (Å²) in [6, 6.07) is 24.8. The van der Waals surface area contributed by atoms with Gasteiger partial charge in [-0.3, -0.25) is 9.59 Å². The SMILES string of the molecule is CCOC(=O)C1=C(C)N(Cc2cccc(C(=O)NCc3ccccc3)c2)C(=O)C[C@H]1c1ccccc1C. The van der Waals surface area contributed by atoms with E-state index in [1.165, 1.54) is 0 Å². The minimum Gasteiger partial charge on any atom is -0.463 e. The lowest BCUT2D eigenvalue weighted by Gasteiger charge is -2.35. The van der Waals surface area contributed by atoms with Gasteiger partial charge in [0.1, 0.15) is 0 Å². The van der Waals surface area contributed by atoms with E-state index in [1.54, 1.807) is 30.9 Å². The van der Waals surface area contributed by atoms with Crippen LogP contribution in [0.1, 0.15) is 58.8 Å². The zero-order valence-electron chi connectivity index (χ0n) is 21.5. The molecule has 2 amide bonds. The molecule has 3 aromatic rings. The van der Waals surface area contributed by atoms with Crippen molar-refractivity contribution in [3.63, 3.8) is 0 Å². The quantitative estimate of drug-likeness (QED) is 0.431. The first-order valence-electron chi connectivity index (χ1n) is 12.5. The maximum absolute atomic E-state index is 13.4. The normalized spacial score (nSPS) is 15.5. The van der Waals surface area contributed by atoms with Gasteiger partial charge in [0.05, 0.1) is 18.7 Å². The molecule has 1 aliphatic heterocycles. The third-order valence-electron chi connectivity index (χ3n) is 6.71. The third kappa shape index (κ3) is 5.97. The third-order valence-corrected chi connectivity index (χ3v) is 6.71. The second-order valence-corrected chi connectivity index (χ2v) is 9.18. The Bertz CT molecular complexity index is 1330. The number of allylic oxidation sites excluding steroid dienone is 1. The fourth-order valence-electron chi connectivity index (χ4n) is 4.79. The summed E-state index contributed by atoms with van der Waals surface area (Å²) >= 11 is 0. The van der Waals surface area contributed by atoms with E-state index in [-0.39, 0.29) is 37.3 Å². The molecule has 0 fully saturated rings. The van der Waals surface area contributed by atoms with E-state index in [4.69, 9.17) is 4.74 Å². The predicted molar refractivity (Wildman–Crippen MR) is 142 cm³/mol. The van der Waals surface area contributed by atoms with Crippen molar-refractivity contribution in [3.05, 3.63) is 118 Å². The molecule has 1 aliphatic rings. The number of amides is 2. The molecule has 37 heavy (non-hydrogen) atoms. The van der Waals surface area contributed by atoms with Crippen molar-refractivity contribution < 1.29 is 19.1 Å². The Kier molecular flexibility index (Phi) is 8.18. The van der Waals surface area contributed by atoms with E-state index in [0.29, 0.717) is 23.4 Å². The van der Waals surface area contributed by atoms with Crippen LogP contribution in [0.15, 0.2) is 90.1 Å². The molecule has 0 aromatic heterocycles. The van der Waals surface area contributed by atoms with Crippen molar-refractivity contribution >= 4 is 17.8 Å². The fourth-order valence-corrected chi connectivity index (χ4v) is 4.79. The summed E-state index contributed by atoms with van der Waals surface area (Å²) in [5.41, 5.74) is 5.41. The standard InChI is InChI=1S/C31H32N2O4/c1-4-37-31(36)29-22(3)33(28(34)18-27(29)26-16-9-8-11-21(26)2)20-24-14-10-15-25(17-24)30(35)32-19-23-12-6-5-7-13-23/h5-17,27H,4,18-20H2,1-3H3,(H,32,35)/t27-/m0/s1. The van der Waals surface area contributed by atoms with E-state index in [9.17, 15) is 14.4 Å². The summed E-state index contributed by atoms with van der Waals surface area (Å²) in [6.45, 7) is 6.50. The minimum absolute atomic E-state index is 0.0715. The molecule has 190 valence electrons. The van der Waals surface area contributed by atoms with Crippen molar-refractivity contribution in [1.29, 1.82) is 0 Å². The molecule has 0 aliphatic carbocycles. The summed E-state index contributed by atoms with van der Waals surface area (Å²) < 4.78 is 5.40. The number of nitrogens with one attached hydrogen (secondary N) is 1. The number of ether oxygens (including phenoxy) is 1. The highest BCUT2D eigenvalue weighted by Crippen LogP contribution is 2.38. The van der Waals surface area contributed by atoms with Gasteiger partial charge in [0.25, 0.3) is 5.91 Å². The summed E-state index contributed by atoms with van der Waals surface area (Å²) in [5.74, 6) is -1.02. The number of hydrogen-bond acceptors (Lipinski definition) is 4. The first-order chi connectivity index (χ1) is 17.9. The second-order valence-electron chi connectivity index (χ2n) is 9.18. The number of aryl methyl sites for hydroxylation is 1. The first kappa shape index (κ1) is 25.9. The van der Waals surface area contributed by atoms with E-state index >= 15 is 0 Å². The number of rotatable bonds is 8. The van der Waals surface area contributed by atoms with E-state index in [2.05, 4.69) is 5.32 Å². The van der Waals surface area contributed by atoms with E-state index < -0.39 is 5.97 Å². The van der Waals surface area contributed by atoms with Crippen LogP contribution in [0.5, 0.6) is 0 Å². The van der Waals surface area contributed by atoms with Crippen LogP contribution in [-0.4, -0.2) is 29.3 Å². The molecule has 1 atom stereocenters. The highest BCUT2D eigenvalue weighted by atomic mass is 16.5. The van der Waals surface area contributed by atoms with Crippen LogP contribution in [0.25, 0.3) is 0 Å². The number of carbonyl (C=O) groups excluding carboxylic acids is 3. The highest BCUT2D eigenvalue weighted by molar-refractivity contribution is 5.96. The zero-order valence-corrected chi connectivity index (χ0v) is 21.5. The van der Waals surface area contributed by atoms with E-state index in [1.807, 2.05) is 73.7 Å². The molecule has 1 N–H and O–H groups in total. The molecule has 0 radical (unpaired) electrons. The molecule has 0 bridgehead atoms. The van der Waals surface area contributed by atoms with Crippen LogP contribution in [0.4, 0.5) is 0 Å². The van der Waals surface area contributed by atoms with Gasteiger partial charge >= 0.3 is 5.97 Å². The molecular weight excluding hydrogens is 464 g/mol. The number of esters is 1. The van der Waals surface area contributed by atoms with Gasteiger partial charge in [0.15, 0.2) is 0 Å². The maximum atomic E-state index is 13.4. The van der Waals surface area contributed by atoms with Crippen LogP contribution in [0, 0.1) is 6.92 Å². The number of hydrogen-bond donors (Lipinski definition) is 1. The maximum Gasteiger partial charge on any atom is 0.336 e. The average molecular weight is 497 g/mol. The lowest BCUT2D eigenvalue weighted by Crippen LogP contribution is -2.38. The first-order valence-corrected chi connectivity index (χ1v) is 12.5. The Hall–Kier alpha value is -4.19. The smallest absolute Gasteiger partial charge is 0.336 e. The number of benzene rings is 3. The van der Waals surface area contributed by atoms with Crippen LogP contribution in [-0.2, 0) is 27.4 Å². The Balaban J connectivity index is 1.59. The molecule has 0 unspecified atom stereocenters. The Morgan fingerprint density at radius 2 is 1.65 bits per heavy atom. The summed E-state index contributed by atoms with van der Waals surface area (Å²) in [4.78, 5) is 40.8. The number of nitrogens with zero attached hydrogens (tertiary/aromatic N) is 1. The monoisotopic (exact) mass is 496 g/mol. The van der Waals surface area contributed by atoms with Crippen molar-refractivity contribution in [3.8, 4) is 0 Å². The van der Waals surface area contributed by atoms with Gasteiger partial charge in [-0.25, -0.2) is 4.79 Å². The molecule has 0 saturated carbocycles.